The van der Waals surface area contributed by atoms with E-state index in [1.165, 1.54) is 25.7 Å². The lowest BCUT2D eigenvalue weighted by molar-refractivity contribution is 0.100. The maximum absolute atomic E-state index is 11.8. The van der Waals surface area contributed by atoms with Crippen molar-refractivity contribution in [1.82, 2.24) is 0 Å². The minimum atomic E-state index is -0.0129. The number of benzene rings is 1. The number of carbonyl (C=O) groups excluding carboxylic acids is 1. The molecule has 1 aromatic carbocycles. The van der Waals surface area contributed by atoms with Gasteiger partial charge in [-0.2, -0.15) is 0 Å². The number of hydrogen-bond acceptors (Lipinski definition) is 3. The molecule has 0 saturated heterocycles. The highest BCUT2D eigenvalue weighted by molar-refractivity contribution is 5.99. The zero-order chi connectivity index (χ0) is 13.7. The molecule has 0 aliphatic heterocycles. The Bertz CT molecular complexity index is 432. The van der Waals surface area contributed by atoms with Gasteiger partial charge in [-0.05, 0) is 44.7 Å². The van der Waals surface area contributed by atoms with Crippen LogP contribution in [0.1, 0.15) is 55.8 Å². The van der Waals surface area contributed by atoms with Crippen LogP contribution in [0.4, 0.5) is 0 Å². The average molecular weight is 262 g/mol. The van der Waals surface area contributed by atoms with E-state index in [1.54, 1.807) is 20.1 Å². The Labute approximate surface area is 114 Å². The molecule has 0 N–H and O–H groups in total. The minimum Gasteiger partial charge on any atom is -0.496 e. The first kappa shape index (κ1) is 13.9. The molecule has 19 heavy (non-hydrogen) atoms. The summed E-state index contributed by atoms with van der Waals surface area (Å²) in [6.07, 6.45) is 7.39. The van der Waals surface area contributed by atoms with Crippen molar-refractivity contribution in [1.29, 1.82) is 0 Å². The van der Waals surface area contributed by atoms with Gasteiger partial charge in [0.15, 0.2) is 5.78 Å². The highest BCUT2D eigenvalue weighted by Gasteiger charge is 2.19. The van der Waals surface area contributed by atoms with Crippen LogP contribution in [-0.4, -0.2) is 19.0 Å². The van der Waals surface area contributed by atoms with E-state index in [-0.39, 0.29) is 11.9 Å². The second-order valence-electron chi connectivity index (χ2n) is 5.12. The van der Waals surface area contributed by atoms with Gasteiger partial charge >= 0.3 is 0 Å². The molecule has 104 valence electrons. The van der Waals surface area contributed by atoms with Crippen molar-refractivity contribution in [2.75, 3.05) is 7.11 Å². The lowest BCUT2D eigenvalue weighted by atomic mass is 10.1. The molecule has 1 aromatic rings. The van der Waals surface area contributed by atoms with Gasteiger partial charge in [-0.15, -0.1) is 0 Å². The summed E-state index contributed by atoms with van der Waals surface area (Å²) in [6.45, 7) is 1.55. The summed E-state index contributed by atoms with van der Waals surface area (Å²) in [5.74, 6) is 1.25. The van der Waals surface area contributed by atoms with E-state index in [1.807, 2.05) is 12.1 Å². The number of carbonyl (C=O) groups is 1. The fraction of sp³-hybridized carbons (Fsp3) is 0.562. The molecule has 0 atom stereocenters. The van der Waals surface area contributed by atoms with E-state index in [0.717, 1.165) is 12.8 Å². The van der Waals surface area contributed by atoms with Crippen molar-refractivity contribution in [3.05, 3.63) is 23.8 Å². The van der Waals surface area contributed by atoms with Gasteiger partial charge < -0.3 is 9.47 Å². The number of ketones is 1. The quantitative estimate of drug-likeness (QED) is 0.607. The molecule has 2 rings (SSSR count). The van der Waals surface area contributed by atoms with Gasteiger partial charge in [-0.3, -0.25) is 4.79 Å². The molecule has 1 aliphatic rings. The number of hydrogen-bond donors (Lipinski definition) is 0. The van der Waals surface area contributed by atoms with Crippen LogP contribution in [0, 0.1) is 0 Å². The minimum absolute atomic E-state index is 0.0129. The Hall–Kier alpha value is -1.51. The van der Waals surface area contributed by atoms with E-state index in [9.17, 15) is 4.79 Å². The third kappa shape index (κ3) is 3.49. The van der Waals surface area contributed by atoms with Gasteiger partial charge in [0, 0.05) is 0 Å². The molecule has 1 aliphatic carbocycles. The van der Waals surface area contributed by atoms with Gasteiger partial charge in [0.25, 0.3) is 0 Å². The van der Waals surface area contributed by atoms with Crippen LogP contribution in [-0.2, 0) is 0 Å². The Morgan fingerprint density at radius 1 is 1.11 bits per heavy atom. The third-order valence-corrected chi connectivity index (χ3v) is 3.66. The molecule has 0 spiro atoms. The Balaban J connectivity index is 2.21. The molecule has 0 bridgehead atoms. The monoisotopic (exact) mass is 262 g/mol. The van der Waals surface area contributed by atoms with Crippen LogP contribution in [0.3, 0.4) is 0 Å². The first-order valence-electron chi connectivity index (χ1n) is 7.07. The standard InChI is InChI=1S/C16H22O3/c1-12(17)16-14(18-2)10-7-11-15(16)19-13-8-5-3-4-6-9-13/h7,10-11,13H,3-6,8-9H2,1-2H3. The number of Topliss-reactive ketones (excluding diaryl/α,β-unsaturated/α-hetero) is 1. The lowest BCUT2D eigenvalue weighted by Gasteiger charge is -2.19. The summed E-state index contributed by atoms with van der Waals surface area (Å²) in [5.41, 5.74) is 0.564. The zero-order valence-corrected chi connectivity index (χ0v) is 11.8. The van der Waals surface area contributed by atoms with Crippen molar-refractivity contribution in [2.45, 2.75) is 51.6 Å². The van der Waals surface area contributed by atoms with Crippen LogP contribution in [0.25, 0.3) is 0 Å². The summed E-state index contributed by atoms with van der Waals surface area (Å²) in [6, 6.07) is 5.54. The van der Waals surface area contributed by atoms with Crippen molar-refractivity contribution in [2.24, 2.45) is 0 Å². The first-order valence-corrected chi connectivity index (χ1v) is 7.07. The summed E-state index contributed by atoms with van der Waals surface area (Å²) >= 11 is 0. The summed E-state index contributed by atoms with van der Waals surface area (Å²) in [5, 5.41) is 0. The van der Waals surface area contributed by atoms with E-state index in [0.29, 0.717) is 17.1 Å². The second kappa shape index (κ2) is 6.60. The molecule has 0 radical (unpaired) electrons. The van der Waals surface area contributed by atoms with Crippen LogP contribution >= 0.6 is 0 Å². The molecule has 0 aromatic heterocycles. The molecule has 0 amide bonds. The van der Waals surface area contributed by atoms with Gasteiger partial charge in [0.2, 0.25) is 0 Å². The molecule has 1 fully saturated rings. The van der Waals surface area contributed by atoms with Gasteiger partial charge in [0.1, 0.15) is 17.1 Å². The SMILES string of the molecule is COc1cccc(OC2CCCCCC2)c1C(C)=O. The maximum atomic E-state index is 11.8. The Morgan fingerprint density at radius 3 is 2.32 bits per heavy atom. The third-order valence-electron chi connectivity index (χ3n) is 3.66. The van der Waals surface area contributed by atoms with E-state index in [4.69, 9.17) is 9.47 Å². The van der Waals surface area contributed by atoms with E-state index < -0.39 is 0 Å². The number of ether oxygens (including phenoxy) is 2. The normalized spacial score (nSPS) is 16.7. The largest absolute Gasteiger partial charge is 0.496 e. The summed E-state index contributed by atoms with van der Waals surface area (Å²) in [4.78, 5) is 11.8. The predicted octanol–water partition coefficient (Wildman–Crippen LogP) is 4.00. The van der Waals surface area contributed by atoms with Gasteiger partial charge in [-0.1, -0.05) is 18.9 Å². The fourth-order valence-corrected chi connectivity index (χ4v) is 2.67. The molecule has 3 heteroatoms. The molecule has 1 saturated carbocycles. The van der Waals surface area contributed by atoms with Crippen molar-refractivity contribution < 1.29 is 14.3 Å². The van der Waals surface area contributed by atoms with Crippen LogP contribution < -0.4 is 9.47 Å². The molecule has 0 heterocycles. The Kier molecular flexibility index (Phi) is 4.83. The highest BCUT2D eigenvalue weighted by atomic mass is 16.5. The average Bonchev–Trinajstić information content (AvgIpc) is 2.66. The smallest absolute Gasteiger partial charge is 0.167 e. The Morgan fingerprint density at radius 2 is 1.74 bits per heavy atom. The predicted molar refractivity (Wildman–Crippen MR) is 75.1 cm³/mol. The van der Waals surface area contributed by atoms with E-state index in [2.05, 4.69) is 0 Å². The molecule has 0 unspecified atom stereocenters. The molecular formula is C16H22O3. The van der Waals surface area contributed by atoms with Gasteiger partial charge in [-0.25, -0.2) is 0 Å². The van der Waals surface area contributed by atoms with E-state index >= 15 is 0 Å². The molecular weight excluding hydrogens is 240 g/mol. The van der Waals surface area contributed by atoms with Gasteiger partial charge in [0.05, 0.1) is 13.2 Å². The van der Waals surface area contributed by atoms with Crippen molar-refractivity contribution in [3.63, 3.8) is 0 Å². The summed E-state index contributed by atoms with van der Waals surface area (Å²) < 4.78 is 11.3. The molecule has 3 nitrogen and oxygen atoms in total. The van der Waals surface area contributed by atoms with Crippen LogP contribution in [0.15, 0.2) is 18.2 Å². The highest BCUT2D eigenvalue weighted by Crippen LogP contribution is 2.31. The number of rotatable bonds is 4. The second-order valence-corrected chi connectivity index (χ2v) is 5.12. The topological polar surface area (TPSA) is 35.5 Å². The van der Waals surface area contributed by atoms with Crippen molar-refractivity contribution >= 4 is 5.78 Å². The van der Waals surface area contributed by atoms with Crippen LogP contribution in [0.2, 0.25) is 0 Å². The van der Waals surface area contributed by atoms with Crippen LogP contribution in [0.5, 0.6) is 11.5 Å². The zero-order valence-electron chi connectivity index (χ0n) is 11.8. The van der Waals surface area contributed by atoms with Crippen molar-refractivity contribution in [3.8, 4) is 11.5 Å². The lowest BCUT2D eigenvalue weighted by Crippen LogP contribution is -2.17. The summed E-state index contributed by atoms with van der Waals surface area (Å²) in [7, 11) is 1.58. The number of methoxy groups -OCH3 is 1. The first-order chi connectivity index (χ1) is 9.22. The maximum Gasteiger partial charge on any atom is 0.167 e. The fourth-order valence-electron chi connectivity index (χ4n) is 2.67.